The van der Waals surface area contributed by atoms with Crippen LogP contribution < -0.4 is 10.6 Å². The highest BCUT2D eigenvalue weighted by Gasteiger charge is 2.26. The van der Waals surface area contributed by atoms with Crippen molar-refractivity contribution in [2.24, 2.45) is 5.92 Å². The summed E-state index contributed by atoms with van der Waals surface area (Å²) in [5, 5.41) is 6.68. The molecule has 1 amide bonds. The predicted molar refractivity (Wildman–Crippen MR) is 101 cm³/mol. The van der Waals surface area contributed by atoms with Crippen LogP contribution in [0.3, 0.4) is 0 Å². The van der Waals surface area contributed by atoms with Gasteiger partial charge in [-0.25, -0.2) is 0 Å². The van der Waals surface area contributed by atoms with E-state index in [1.807, 2.05) is 0 Å². The van der Waals surface area contributed by atoms with Crippen molar-refractivity contribution in [3.8, 4) is 0 Å². The summed E-state index contributed by atoms with van der Waals surface area (Å²) in [6.45, 7) is 11.8. The van der Waals surface area contributed by atoms with E-state index in [2.05, 4.69) is 63.5 Å². The Bertz CT molecular complexity index is 502. The van der Waals surface area contributed by atoms with Crippen LogP contribution in [0.2, 0.25) is 0 Å². The topological polar surface area (TPSA) is 41.1 Å². The average Bonchev–Trinajstić information content (AvgIpc) is 2.46. The molecule has 1 aromatic rings. The molecule has 0 bridgehead atoms. The number of hydrogen-bond acceptors (Lipinski definition) is 2. The summed E-state index contributed by atoms with van der Waals surface area (Å²) in [6, 6.07) is 6.80. The minimum Gasteiger partial charge on any atom is -0.325 e. The smallest absolute Gasteiger partial charge is 0.227 e. The number of hydrogen-bond donors (Lipinski definition) is 2. The lowest BCUT2D eigenvalue weighted by molar-refractivity contribution is -0.120. The molecule has 1 heterocycles. The normalized spacial score (nSPS) is 21.2. The maximum atomic E-state index is 12.7. The van der Waals surface area contributed by atoms with Crippen LogP contribution in [0.1, 0.15) is 70.4 Å². The fraction of sp³-hybridized carbons (Fsp3) is 0.632. The van der Waals surface area contributed by atoms with Gasteiger partial charge in [0.2, 0.25) is 5.91 Å². The lowest BCUT2D eigenvalue weighted by Gasteiger charge is -2.28. The molecule has 2 N–H and O–H groups in total. The minimum absolute atomic E-state index is 0. The van der Waals surface area contributed by atoms with Gasteiger partial charge in [0.05, 0.1) is 0 Å². The lowest BCUT2D eigenvalue weighted by Crippen LogP contribution is -2.40. The molecule has 0 aliphatic carbocycles. The Kier molecular flexibility index (Phi) is 7.56. The molecule has 4 heteroatoms. The fourth-order valence-corrected chi connectivity index (χ4v) is 3.29. The molecule has 1 aliphatic rings. The molecule has 1 saturated heterocycles. The van der Waals surface area contributed by atoms with Gasteiger partial charge in [0.15, 0.2) is 0 Å². The molecule has 0 spiro atoms. The van der Waals surface area contributed by atoms with E-state index in [4.69, 9.17) is 0 Å². The number of anilines is 1. The van der Waals surface area contributed by atoms with Gasteiger partial charge in [0.1, 0.15) is 0 Å². The van der Waals surface area contributed by atoms with Crippen LogP contribution in [0, 0.1) is 5.92 Å². The molecule has 1 aromatic carbocycles. The lowest BCUT2D eigenvalue weighted by atomic mass is 9.90. The highest BCUT2D eigenvalue weighted by Crippen LogP contribution is 2.33. The van der Waals surface area contributed by atoms with Crippen LogP contribution in [0.5, 0.6) is 0 Å². The molecule has 1 aliphatic heterocycles. The van der Waals surface area contributed by atoms with E-state index < -0.39 is 0 Å². The number of amides is 1. The monoisotopic (exact) mass is 338 g/mol. The predicted octanol–water partition coefficient (Wildman–Crippen LogP) is 4.68. The van der Waals surface area contributed by atoms with Crippen LogP contribution in [-0.2, 0) is 4.79 Å². The molecule has 3 nitrogen and oxygen atoms in total. The molecule has 0 unspecified atom stereocenters. The third-order valence-corrected chi connectivity index (χ3v) is 4.62. The minimum atomic E-state index is 0. The van der Waals surface area contributed by atoms with E-state index in [9.17, 15) is 4.79 Å². The summed E-state index contributed by atoms with van der Waals surface area (Å²) in [4.78, 5) is 12.7. The van der Waals surface area contributed by atoms with Gasteiger partial charge < -0.3 is 10.6 Å². The number of carbonyl (C=O) groups excluding carboxylic acids is 1. The van der Waals surface area contributed by atoms with Gasteiger partial charge in [-0.3, -0.25) is 4.79 Å². The zero-order chi connectivity index (χ0) is 16.3. The first-order chi connectivity index (χ1) is 10.4. The second-order valence-electron chi connectivity index (χ2n) is 7.19. The van der Waals surface area contributed by atoms with E-state index in [1.165, 1.54) is 11.1 Å². The van der Waals surface area contributed by atoms with Crippen molar-refractivity contribution in [3.63, 3.8) is 0 Å². The number of halogens is 1. The molecular weight excluding hydrogens is 308 g/mol. The van der Waals surface area contributed by atoms with Crippen molar-refractivity contribution in [1.82, 2.24) is 5.32 Å². The van der Waals surface area contributed by atoms with Crippen molar-refractivity contribution in [1.29, 1.82) is 0 Å². The van der Waals surface area contributed by atoms with Gasteiger partial charge >= 0.3 is 0 Å². The Morgan fingerprint density at radius 2 is 1.74 bits per heavy atom. The molecule has 23 heavy (non-hydrogen) atoms. The zero-order valence-electron chi connectivity index (χ0n) is 15.0. The van der Waals surface area contributed by atoms with Gasteiger partial charge in [-0.05, 0) is 49.3 Å². The third-order valence-electron chi connectivity index (χ3n) is 4.62. The number of nitrogens with one attached hydrogen (secondary N) is 2. The van der Waals surface area contributed by atoms with Crippen LogP contribution in [0.15, 0.2) is 18.2 Å². The number of carbonyl (C=O) groups is 1. The van der Waals surface area contributed by atoms with Crippen molar-refractivity contribution in [2.75, 3.05) is 11.9 Å². The van der Waals surface area contributed by atoms with E-state index in [1.54, 1.807) is 0 Å². The molecule has 1 fully saturated rings. The van der Waals surface area contributed by atoms with Crippen LogP contribution >= 0.6 is 12.4 Å². The van der Waals surface area contributed by atoms with Gasteiger partial charge in [-0.2, -0.15) is 0 Å². The Balaban J connectivity index is 0.00000264. The first-order valence-electron chi connectivity index (χ1n) is 8.57. The summed E-state index contributed by atoms with van der Waals surface area (Å²) < 4.78 is 0. The van der Waals surface area contributed by atoms with Crippen molar-refractivity contribution in [3.05, 3.63) is 29.3 Å². The van der Waals surface area contributed by atoms with Gasteiger partial charge in [0.25, 0.3) is 0 Å². The molecule has 2 rings (SSSR count). The van der Waals surface area contributed by atoms with E-state index in [-0.39, 0.29) is 24.2 Å². The SMILES string of the molecule is CC(C)c1cccc(C(C)C)c1NC(=O)[C@H]1CCN[C@@H](C)C1.Cl. The van der Waals surface area contributed by atoms with Gasteiger partial charge in [-0.15, -0.1) is 12.4 Å². The summed E-state index contributed by atoms with van der Waals surface area (Å²) >= 11 is 0. The van der Waals surface area contributed by atoms with E-state index in [0.717, 1.165) is 25.1 Å². The summed E-state index contributed by atoms with van der Waals surface area (Å²) in [5.74, 6) is 1.11. The van der Waals surface area contributed by atoms with Crippen LogP contribution in [-0.4, -0.2) is 18.5 Å². The van der Waals surface area contributed by atoms with Crippen molar-refractivity contribution in [2.45, 2.75) is 65.3 Å². The quantitative estimate of drug-likeness (QED) is 0.836. The second-order valence-corrected chi connectivity index (χ2v) is 7.19. The van der Waals surface area contributed by atoms with E-state index >= 15 is 0 Å². The first-order valence-corrected chi connectivity index (χ1v) is 8.57. The van der Waals surface area contributed by atoms with Gasteiger partial charge in [0, 0.05) is 17.6 Å². The Hall–Kier alpha value is -1.06. The highest BCUT2D eigenvalue weighted by atomic mass is 35.5. The second kappa shape index (κ2) is 8.70. The maximum Gasteiger partial charge on any atom is 0.227 e. The first kappa shape index (κ1) is 20.0. The Labute approximate surface area is 147 Å². The van der Waals surface area contributed by atoms with Crippen molar-refractivity contribution >= 4 is 24.0 Å². The average molecular weight is 339 g/mol. The van der Waals surface area contributed by atoms with Crippen molar-refractivity contribution < 1.29 is 4.79 Å². The van der Waals surface area contributed by atoms with Gasteiger partial charge in [-0.1, -0.05) is 45.9 Å². The zero-order valence-corrected chi connectivity index (χ0v) is 15.8. The van der Waals surface area contributed by atoms with E-state index in [0.29, 0.717) is 17.9 Å². The Morgan fingerprint density at radius 3 is 2.22 bits per heavy atom. The standard InChI is InChI=1S/C19H30N2O.ClH/c1-12(2)16-7-6-8-17(13(3)4)18(16)21-19(22)15-9-10-20-14(5)11-15;/h6-8,12-15,20H,9-11H2,1-5H3,(H,21,22);1H/t14-,15-;/m0./s1. The summed E-state index contributed by atoms with van der Waals surface area (Å²) in [5.41, 5.74) is 3.52. The fourth-order valence-electron chi connectivity index (χ4n) is 3.29. The molecular formula is C19H31ClN2O. The van der Waals surface area contributed by atoms with Crippen LogP contribution in [0.25, 0.3) is 0 Å². The molecule has 0 saturated carbocycles. The highest BCUT2D eigenvalue weighted by molar-refractivity contribution is 5.94. The number of rotatable bonds is 4. The summed E-state index contributed by atoms with van der Waals surface area (Å²) in [6.07, 6.45) is 1.85. The number of piperidine rings is 1. The number of para-hydroxylation sites is 1. The molecule has 130 valence electrons. The Morgan fingerprint density at radius 1 is 1.17 bits per heavy atom. The maximum absolute atomic E-state index is 12.7. The molecule has 0 aromatic heterocycles. The third kappa shape index (κ3) is 4.95. The molecule has 0 radical (unpaired) electrons. The van der Waals surface area contributed by atoms with Crippen LogP contribution in [0.4, 0.5) is 5.69 Å². The number of benzene rings is 1. The largest absolute Gasteiger partial charge is 0.325 e. The molecule has 2 atom stereocenters. The summed E-state index contributed by atoms with van der Waals surface area (Å²) in [7, 11) is 0.